The number of hydrogen-bond acceptors (Lipinski definition) is 4. The molecule has 2 saturated heterocycles. The van der Waals surface area contributed by atoms with Gasteiger partial charge >= 0.3 is 0 Å². The Morgan fingerprint density at radius 1 is 0.897 bits per heavy atom. The second-order valence-corrected chi connectivity index (χ2v) is 8.73. The predicted octanol–water partition coefficient (Wildman–Crippen LogP) is 1.60. The summed E-state index contributed by atoms with van der Waals surface area (Å²) in [6.07, 6.45) is 10.5. The van der Waals surface area contributed by atoms with E-state index in [2.05, 4.69) is 16.0 Å². The molecule has 0 spiro atoms. The number of halogens is 1. The van der Waals surface area contributed by atoms with Gasteiger partial charge in [-0.25, -0.2) is 0 Å². The Hall–Kier alpha value is -1.34. The molecule has 3 N–H and O–H groups in total. The van der Waals surface area contributed by atoms with Crippen LogP contribution in [0, 0.1) is 11.8 Å². The van der Waals surface area contributed by atoms with Crippen LogP contribution in [0.3, 0.4) is 0 Å². The summed E-state index contributed by atoms with van der Waals surface area (Å²) in [6.45, 7) is 3.03. The Labute approximate surface area is 180 Å². The van der Waals surface area contributed by atoms with Crippen LogP contribution in [0.4, 0.5) is 0 Å². The average molecular weight is 429 g/mol. The molecule has 0 aromatic rings. The van der Waals surface area contributed by atoms with Crippen LogP contribution in [-0.4, -0.2) is 61.4 Å². The highest BCUT2D eigenvalue weighted by Gasteiger charge is 2.26. The number of piperidine rings is 1. The van der Waals surface area contributed by atoms with Crippen LogP contribution in [0.15, 0.2) is 0 Å². The van der Waals surface area contributed by atoms with E-state index < -0.39 is 0 Å². The number of rotatable bonds is 7. The first-order chi connectivity index (χ1) is 13.6. The van der Waals surface area contributed by atoms with Gasteiger partial charge in [0, 0.05) is 26.1 Å². The van der Waals surface area contributed by atoms with Gasteiger partial charge in [-0.2, -0.15) is 0 Å². The number of nitrogens with zero attached hydrogens (tertiary/aromatic N) is 1. The highest BCUT2D eigenvalue weighted by Crippen LogP contribution is 2.26. The van der Waals surface area contributed by atoms with Crippen molar-refractivity contribution >= 4 is 30.1 Å². The molecule has 0 radical (unpaired) electrons. The van der Waals surface area contributed by atoms with Crippen LogP contribution in [0.5, 0.6) is 0 Å². The molecule has 2 heterocycles. The molecule has 1 saturated carbocycles. The van der Waals surface area contributed by atoms with Gasteiger partial charge in [-0.3, -0.25) is 14.4 Å². The fraction of sp³-hybridized carbons (Fsp3) is 0.857. The van der Waals surface area contributed by atoms with Crippen molar-refractivity contribution < 1.29 is 14.4 Å². The number of carbonyl (C=O) groups is 3. The lowest BCUT2D eigenvalue weighted by Gasteiger charge is -2.33. The normalized spacial score (nSPS) is 25.2. The summed E-state index contributed by atoms with van der Waals surface area (Å²) in [4.78, 5) is 38.6. The van der Waals surface area contributed by atoms with E-state index in [1.807, 2.05) is 4.90 Å². The first kappa shape index (κ1) is 23.9. The maximum Gasteiger partial charge on any atom is 0.241 e. The van der Waals surface area contributed by atoms with Crippen LogP contribution in [-0.2, 0) is 14.4 Å². The third kappa shape index (κ3) is 7.78. The zero-order valence-corrected chi connectivity index (χ0v) is 18.2. The van der Waals surface area contributed by atoms with Crippen LogP contribution in [0.25, 0.3) is 0 Å². The summed E-state index contributed by atoms with van der Waals surface area (Å²) in [5.41, 5.74) is 0. The summed E-state index contributed by atoms with van der Waals surface area (Å²) in [7, 11) is 0. The summed E-state index contributed by atoms with van der Waals surface area (Å²) in [6, 6.07) is -0.0549. The van der Waals surface area contributed by atoms with Gasteiger partial charge in [0.25, 0.3) is 0 Å². The zero-order chi connectivity index (χ0) is 19.8. The van der Waals surface area contributed by atoms with Gasteiger partial charge in [0.05, 0.1) is 12.6 Å². The Bertz CT molecular complexity index is 548. The van der Waals surface area contributed by atoms with Crippen molar-refractivity contribution in [2.45, 2.75) is 70.3 Å². The van der Waals surface area contributed by atoms with Crippen molar-refractivity contribution in [3.05, 3.63) is 0 Å². The van der Waals surface area contributed by atoms with Crippen molar-refractivity contribution in [2.75, 3.05) is 32.7 Å². The molecule has 0 bridgehead atoms. The maximum absolute atomic E-state index is 12.5. The van der Waals surface area contributed by atoms with Crippen molar-refractivity contribution in [3.63, 3.8) is 0 Å². The molecule has 2 unspecified atom stereocenters. The summed E-state index contributed by atoms with van der Waals surface area (Å²) >= 11 is 0. The molecular formula is C21H37ClN4O3. The number of hydrogen-bond donors (Lipinski definition) is 3. The van der Waals surface area contributed by atoms with Crippen molar-refractivity contribution in [1.29, 1.82) is 0 Å². The largest absolute Gasteiger partial charge is 0.354 e. The lowest BCUT2D eigenvalue weighted by Crippen LogP contribution is -2.48. The van der Waals surface area contributed by atoms with Gasteiger partial charge in [-0.15, -0.1) is 12.4 Å². The fourth-order valence-corrected chi connectivity index (χ4v) is 4.75. The summed E-state index contributed by atoms with van der Waals surface area (Å²) in [5.74, 6) is 0.855. The minimum atomic E-state index is -0.0549. The van der Waals surface area contributed by atoms with Gasteiger partial charge in [0.1, 0.15) is 0 Å². The molecule has 7 nitrogen and oxygen atoms in total. The highest BCUT2D eigenvalue weighted by atomic mass is 35.5. The molecule has 3 fully saturated rings. The van der Waals surface area contributed by atoms with Crippen molar-refractivity contribution in [3.8, 4) is 0 Å². The van der Waals surface area contributed by atoms with E-state index in [9.17, 15) is 14.4 Å². The summed E-state index contributed by atoms with van der Waals surface area (Å²) < 4.78 is 0. The molecule has 3 rings (SSSR count). The van der Waals surface area contributed by atoms with Gasteiger partial charge in [0.2, 0.25) is 17.7 Å². The Kier molecular flexibility index (Phi) is 10.2. The Balaban J connectivity index is 0.00000300. The van der Waals surface area contributed by atoms with E-state index in [4.69, 9.17) is 0 Å². The van der Waals surface area contributed by atoms with Gasteiger partial charge in [0.15, 0.2) is 0 Å². The van der Waals surface area contributed by atoms with E-state index in [0.29, 0.717) is 31.3 Å². The predicted molar refractivity (Wildman–Crippen MR) is 115 cm³/mol. The van der Waals surface area contributed by atoms with E-state index in [1.165, 1.54) is 19.3 Å². The van der Waals surface area contributed by atoms with Crippen LogP contribution < -0.4 is 16.0 Å². The van der Waals surface area contributed by atoms with E-state index >= 15 is 0 Å². The third-order valence-corrected chi connectivity index (χ3v) is 6.45. The monoisotopic (exact) mass is 428 g/mol. The molecule has 8 heteroatoms. The van der Waals surface area contributed by atoms with Gasteiger partial charge in [-0.05, 0) is 56.9 Å². The van der Waals surface area contributed by atoms with Crippen LogP contribution in [0.2, 0.25) is 0 Å². The topological polar surface area (TPSA) is 90.5 Å². The first-order valence-corrected chi connectivity index (χ1v) is 11.2. The molecule has 2 aliphatic heterocycles. The highest BCUT2D eigenvalue weighted by molar-refractivity contribution is 5.85. The molecule has 166 valence electrons. The quantitative estimate of drug-likeness (QED) is 0.574. The molecule has 0 aromatic heterocycles. The molecular weight excluding hydrogens is 392 g/mol. The SMILES string of the molecule is Cl.O=C(CC1CCCCC1)NCC(=O)N1CCCC(CNC(=O)C2CCCN2)C1. The second-order valence-electron chi connectivity index (χ2n) is 8.73. The van der Waals surface area contributed by atoms with Gasteiger partial charge in [-0.1, -0.05) is 19.3 Å². The molecule has 3 aliphatic rings. The maximum atomic E-state index is 12.5. The number of amides is 3. The van der Waals surface area contributed by atoms with E-state index in [1.54, 1.807) is 0 Å². The lowest BCUT2D eigenvalue weighted by atomic mass is 9.87. The standard InChI is InChI=1S/C21H36N4O3.ClH/c26-19(12-16-6-2-1-3-7-16)23-14-20(27)25-11-5-8-17(15-25)13-24-21(28)18-9-4-10-22-18;/h16-18,22H,1-15H2,(H,23,26)(H,24,28);1H. The van der Waals surface area contributed by atoms with E-state index in [-0.39, 0.29) is 42.7 Å². The van der Waals surface area contributed by atoms with E-state index in [0.717, 1.165) is 51.6 Å². The minimum absolute atomic E-state index is 0. The zero-order valence-electron chi connectivity index (χ0n) is 17.4. The van der Waals surface area contributed by atoms with Gasteiger partial charge < -0.3 is 20.9 Å². The van der Waals surface area contributed by atoms with Crippen molar-refractivity contribution in [2.24, 2.45) is 11.8 Å². The Morgan fingerprint density at radius 3 is 2.38 bits per heavy atom. The second kappa shape index (κ2) is 12.4. The number of likely N-dealkylation sites (tertiary alicyclic amines) is 1. The molecule has 0 aromatic carbocycles. The fourth-order valence-electron chi connectivity index (χ4n) is 4.75. The third-order valence-electron chi connectivity index (χ3n) is 6.45. The lowest BCUT2D eigenvalue weighted by molar-refractivity contribution is -0.134. The number of carbonyl (C=O) groups excluding carboxylic acids is 3. The molecule has 29 heavy (non-hydrogen) atoms. The van der Waals surface area contributed by atoms with Crippen LogP contribution in [0.1, 0.15) is 64.2 Å². The summed E-state index contributed by atoms with van der Waals surface area (Å²) in [5, 5.41) is 9.07. The average Bonchev–Trinajstić information content (AvgIpc) is 3.26. The molecule has 2 atom stereocenters. The minimum Gasteiger partial charge on any atom is -0.354 e. The molecule has 3 amide bonds. The molecule has 1 aliphatic carbocycles. The van der Waals surface area contributed by atoms with Crippen molar-refractivity contribution in [1.82, 2.24) is 20.9 Å². The Morgan fingerprint density at radius 2 is 1.66 bits per heavy atom. The smallest absolute Gasteiger partial charge is 0.241 e. The first-order valence-electron chi connectivity index (χ1n) is 11.2. The van der Waals surface area contributed by atoms with Crippen LogP contribution >= 0.6 is 12.4 Å². The number of nitrogens with one attached hydrogen (secondary N) is 3.